The number of aromatic nitrogens is 1. The topological polar surface area (TPSA) is 196 Å². The number of carbonyl (C=O) groups is 3. The van der Waals surface area contributed by atoms with Crippen molar-refractivity contribution in [2.75, 3.05) is 104 Å². The summed E-state index contributed by atoms with van der Waals surface area (Å²) in [7, 11) is 3.31. The Hall–Kier alpha value is -3.74. The minimum absolute atomic E-state index is 0.0986. The molecule has 73 heavy (non-hydrogen) atoms. The Kier molecular flexibility index (Phi) is 15.3. The zero-order valence-electron chi connectivity index (χ0n) is 43.2. The average molecular weight is 1070 g/mol. The van der Waals surface area contributed by atoms with Crippen LogP contribution in [-0.4, -0.2) is 176 Å². The lowest BCUT2D eigenvalue weighted by atomic mass is 9.47. The zero-order chi connectivity index (χ0) is 52.3. The van der Waals surface area contributed by atoms with E-state index in [-0.39, 0.29) is 12.0 Å². The van der Waals surface area contributed by atoms with Crippen LogP contribution >= 0.6 is 30.9 Å². The molecule has 1 spiro atoms. The maximum atomic E-state index is 15.3. The van der Waals surface area contributed by atoms with Gasteiger partial charge in [-0.2, -0.15) is 0 Å². The number of aliphatic hydroxyl groups is 2. The van der Waals surface area contributed by atoms with Gasteiger partial charge in [-0.05, 0) is 80.7 Å². The third-order valence-corrected chi connectivity index (χ3v) is 20.2. The Bertz CT molecular complexity index is 2660. The summed E-state index contributed by atoms with van der Waals surface area (Å²) < 4.78 is 43.1. The number of carbonyl (C=O) groups excluding carboxylic acids is 3. The zero-order valence-corrected chi connectivity index (χ0v) is 45.6. The van der Waals surface area contributed by atoms with Crippen molar-refractivity contribution in [3.05, 3.63) is 70.9 Å². The quantitative estimate of drug-likeness (QED) is 0.0552. The van der Waals surface area contributed by atoms with Gasteiger partial charge in [-0.1, -0.05) is 44.2 Å². The van der Waals surface area contributed by atoms with E-state index in [1.807, 2.05) is 50.1 Å². The number of para-hydroxylation sites is 1. The number of nitrogens with one attached hydrogen (secondary N) is 2. The fourth-order valence-corrected chi connectivity index (χ4v) is 17.4. The predicted octanol–water partition coefficient (Wildman–Crippen LogP) is 5.87. The van der Waals surface area contributed by atoms with Crippen LogP contribution in [0.2, 0.25) is 0 Å². The van der Waals surface area contributed by atoms with Crippen LogP contribution in [-0.2, 0) is 54.9 Å². The highest BCUT2D eigenvalue weighted by Crippen LogP contribution is 2.68. The average Bonchev–Trinajstić information content (AvgIpc) is 4.05. The van der Waals surface area contributed by atoms with E-state index in [2.05, 4.69) is 44.2 Å². The summed E-state index contributed by atoms with van der Waals surface area (Å²) in [5.41, 5.74) is -1.62. The number of alkyl halides is 2. The normalized spacial score (nSPS) is 35.3. The maximum Gasteiger partial charge on any atom is 0.344 e. The first-order valence-electron chi connectivity index (χ1n) is 25.8. The van der Waals surface area contributed by atoms with Crippen LogP contribution in [0.25, 0.3) is 10.9 Å². The number of hydrogen-bond acceptors (Lipinski definition) is 14. The van der Waals surface area contributed by atoms with Gasteiger partial charge >= 0.3 is 25.6 Å². The van der Waals surface area contributed by atoms with Crippen molar-refractivity contribution < 1.29 is 52.6 Å². The molecule has 4 fully saturated rings. The van der Waals surface area contributed by atoms with Crippen molar-refractivity contribution in [3.63, 3.8) is 0 Å². The van der Waals surface area contributed by atoms with Crippen molar-refractivity contribution in [2.45, 2.75) is 106 Å². The molecule has 3 aromatic rings. The highest BCUT2D eigenvalue weighted by Gasteiger charge is 2.80. The molecule has 1 unspecified atom stereocenters. The number of fused-ring (bicyclic) bond motifs is 6. The molecule has 7 heterocycles. The third-order valence-electron chi connectivity index (χ3n) is 17.6. The number of hydrogen-bond donors (Lipinski definition) is 4. The van der Waals surface area contributed by atoms with Crippen LogP contribution in [0.4, 0.5) is 5.69 Å². The van der Waals surface area contributed by atoms with Gasteiger partial charge in [-0.25, -0.2) is 14.6 Å². The van der Waals surface area contributed by atoms with Crippen molar-refractivity contribution in [2.24, 2.45) is 11.3 Å². The van der Waals surface area contributed by atoms with Crippen molar-refractivity contribution in [3.8, 4) is 5.75 Å². The molecule has 20 heteroatoms. The van der Waals surface area contributed by atoms with Gasteiger partial charge in [0.25, 0.3) is 0 Å². The molecule has 1 aromatic heterocycles. The smallest absolute Gasteiger partial charge is 0.344 e. The van der Waals surface area contributed by atoms with Gasteiger partial charge in [-0.15, -0.1) is 23.2 Å². The van der Waals surface area contributed by atoms with Gasteiger partial charge < -0.3 is 43.6 Å². The van der Waals surface area contributed by atoms with E-state index in [1.54, 1.807) is 11.8 Å². The summed E-state index contributed by atoms with van der Waals surface area (Å²) in [5.74, 6) is -0.718. The summed E-state index contributed by atoms with van der Waals surface area (Å²) in [5, 5.41) is 29.2. The molecule has 2 aromatic carbocycles. The van der Waals surface area contributed by atoms with E-state index in [9.17, 15) is 24.4 Å². The highest BCUT2D eigenvalue weighted by molar-refractivity contribution is 7.54. The Balaban J connectivity index is 0.000000407. The largest absolute Gasteiger partial charge is 0.496 e. The number of likely N-dealkylation sites (N-methyl/N-ethyl adjacent to an activating group) is 1. The summed E-state index contributed by atoms with van der Waals surface area (Å²) in [6, 6.07) is 11.0. The lowest BCUT2D eigenvalue weighted by Crippen LogP contribution is -2.81. The number of nitrogens with zero attached hydrogens (tertiary/aromatic N) is 4. The van der Waals surface area contributed by atoms with Gasteiger partial charge in [0, 0.05) is 122 Å². The minimum Gasteiger partial charge on any atom is -0.496 e. The number of piperidine rings is 1. The molecule has 1 aliphatic carbocycles. The molecule has 4 N–H and O–H groups in total. The minimum atomic E-state index is -2.84. The molecule has 10 rings (SSSR count). The molecule has 0 amide bonds. The first-order valence-corrected chi connectivity index (χ1v) is 28.5. The van der Waals surface area contributed by atoms with Crippen molar-refractivity contribution in [1.29, 1.82) is 0 Å². The Labute approximate surface area is 438 Å². The SMILES string of the molecule is CC[C@]1(O)C[C@@H]2C[N@@](CCc3c([nH]c4ccccc34)[C@@](C(=O)OC)(c3cc4c(cc3OC)N(C)[C@H]3[C@@](O)(C(=O)OC)[C@H](OC(C)=O)[C@]5(CC)C=CCN6CC[C@]43[C@@H]65)C2)C1.O=P1(N(CCCl)CCCl)NCCCO1. The van der Waals surface area contributed by atoms with Crippen LogP contribution in [0.1, 0.15) is 81.7 Å². The number of halogens is 2. The molecule has 6 aliphatic heterocycles. The number of anilines is 1. The Morgan fingerprint density at radius 3 is 2.36 bits per heavy atom. The monoisotopic (exact) mass is 1070 g/mol. The molecule has 11 atom stereocenters. The second-order valence-electron chi connectivity index (χ2n) is 21.2. The number of methoxy groups -OCH3 is 3. The molecule has 400 valence electrons. The molecule has 3 saturated heterocycles. The first kappa shape index (κ1) is 54.1. The number of aromatic amines is 1. The van der Waals surface area contributed by atoms with E-state index < -0.39 is 65.2 Å². The van der Waals surface area contributed by atoms with E-state index in [0.29, 0.717) is 114 Å². The number of ether oxygens (including phenoxy) is 4. The van der Waals surface area contributed by atoms with Crippen molar-refractivity contribution >= 4 is 65.4 Å². The standard InChI is InChI=1S/C46H58N4O9.C7H15Cl2N2O2P/c1-8-42(54)23-28-24-45(40(52)57-6,36-30(15-19-49(25-28)26-42)29-13-10-11-14-33(29)47-36)32-21-31-34(22-35(32)56-5)48(4)38-44(31)17-20-50-18-12-16-43(9-2,37(44)50)39(59-27(3)51)46(38,55)41(53)58-7;8-2-5-11(6-3-9)14(12)10-4-1-7-13-14/h10-14,16,21-22,28,37-39,47,54-55H,8-9,15,17-20,23-26H2,1-7H3;1-7H2,(H,10,12)/t28-,37-,38+,39+,42-,43+,44+,45-,46-;/m0./s1. The molecular weight excluding hydrogens is 998 g/mol. The lowest BCUT2D eigenvalue weighted by Gasteiger charge is -2.63. The number of H-pyrrole nitrogens is 1. The summed E-state index contributed by atoms with van der Waals surface area (Å²) >= 11 is 11.2. The predicted molar refractivity (Wildman–Crippen MR) is 280 cm³/mol. The lowest BCUT2D eigenvalue weighted by molar-refractivity contribution is -0.228. The van der Waals surface area contributed by atoms with Crippen molar-refractivity contribution in [1.82, 2.24) is 24.5 Å². The summed E-state index contributed by atoms with van der Waals surface area (Å²) in [6.07, 6.45) is 6.83. The Morgan fingerprint density at radius 2 is 1.71 bits per heavy atom. The van der Waals surface area contributed by atoms with Gasteiger partial charge in [0.1, 0.15) is 11.2 Å². The molecule has 17 nitrogen and oxygen atoms in total. The van der Waals surface area contributed by atoms with Crippen LogP contribution < -0.4 is 14.7 Å². The summed E-state index contributed by atoms with van der Waals surface area (Å²) in [6.45, 7) is 10.9. The third kappa shape index (κ3) is 8.46. The van der Waals surface area contributed by atoms with Crippen LogP contribution in [0, 0.1) is 11.3 Å². The van der Waals surface area contributed by atoms with Gasteiger partial charge in [0.15, 0.2) is 6.10 Å². The van der Waals surface area contributed by atoms with Gasteiger partial charge in [0.05, 0.1) is 39.6 Å². The van der Waals surface area contributed by atoms with Gasteiger partial charge in [0.2, 0.25) is 5.60 Å². The van der Waals surface area contributed by atoms with E-state index >= 15 is 4.79 Å². The second-order valence-corrected chi connectivity index (χ2v) is 24.1. The molecule has 7 aliphatic rings. The second kappa shape index (κ2) is 20.7. The van der Waals surface area contributed by atoms with Crippen LogP contribution in [0.5, 0.6) is 5.75 Å². The molecule has 0 radical (unpaired) electrons. The molecule has 1 saturated carbocycles. The fraction of sp³-hybridized carbons (Fsp3) is 0.642. The van der Waals surface area contributed by atoms with Crippen LogP contribution in [0.3, 0.4) is 0 Å². The highest BCUT2D eigenvalue weighted by atomic mass is 35.5. The summed E-state index contributed by atoms with van der Waals surface area (Å²) in [4.78, 5) is 53.2. The van der Waals surface area contributed by atoms with E-state index in [4.69, 9.17) is 46.7 Å². The van der Waals surface area contributed by atoms with Crippen LogP contribution in [0.15, 0.2) is 48.6 Å². The maximum absolute atomic E-state index is 15.3. The Morgan fingerprint density at radius 1 is 0.973 bits per heavy atom. The number of benzene rings is 2. The fourth-order valence-electron chi connectivity index (χ4n) is 14.8. The molecule has 2 bridgehead atoms. The molecular formula is C53H73Cl2N6O11P. The van der Waals surface area contributed by atoms with E-state index in [0.717, 1.165) is 46.4 Å². The van der Waals surface area contributed by atoms with E-state index in [1.165, 1.54) is 21.1 Å². The first-order chi connectivity index (χ1) is 34.9. The van der Waals surface area contributed by atoms with Gasteiger partial charge in [-0.3, -0.25) is 24.0 Å². The number of rotatable bonds is 12. The number of esters is 3.